The molecule has 0 spiro atoms. The lowest BCUT2D eigenvalue weighted by atomic mass is 10.3. The fraction of sp³-hybridized carbons (Fsp3) is 0.357. The highest BCUT2D eigenvalue weighted by atomic mass is 35.5. The third-order valence-corrected chi connectivity index (χ3v) is 4.65. The van der Waals surface area contributed by atoms with E-state index >= 15 is 0 Å². The first-order chi connectivity index (χ1) is 10.6. The van der Waals surface area contributed by atoms with Crippen LogP contribution >= 0.6 is 46.3 Å². The molecule has 0 unspecified atom stereocenters. The number of aromatic nitrogens is 1. The molecule has 0 radical (unpaired) electrons. The molecule has 1 aromatic carbocycles. The standard InChI is InChI=1S/C14H14Cl3NO3S/c15-10-8-12(17)13(9-11(10)16)21-6-5-20-4-1-3-18-14(19)2-7-22-18/h2,7-9H,1,3-6H2. The van der Waals surface area contributed by atoms with E-state index in [0.29, 0.717) is 47.2 Å². The van der Waals surface area contributed by atoms with Crippen LogP contribution in [-0.2, 0) is 11.3 Å². The van der Waals surface area contributed by atoms with Gasteiger partial charge in [-0.25, -0.2) is 0 Å². The predicted octanol–water partition coefficient (Wildman–Crippen LogP) is 4.36. The summed E-state index contributed by atoms with van der Waals surface area (Å²) in [6.45, 7) is 2.01. The smallest absolute Gasteiger partial charge is 0.260 e. The summed E-state index contributed by atoms with van der Waals surface area (Å²) < 4.78 is 12.6. The van der Waals surface area contributed by atoms with Gasteiger partial charge in [0.25, 0.3) is 5.56 Å². The van der Waals surface area contributed by atoms with Crippen LogP contribution < -0.4 is 10.3 Å². The van der Waals surface area contributed by atoms with Crippen LogP contribution in [0.2, 0.25) is 15.1 Å². The normalized spacial score (nSPS) is 10.9. The van der Waals surface area contributed by atoms with Gasteiger partial charge >= 0.3 is 0 Å². The fourth-order valence-electron chi connectivity index (χ4n) is 1.70. The van der Waals surface area contributed by atoms with Crippen molar-refractivity contribution in [2.45, 2.75) is 13.0 Å². The molecule has 0 aliphatic carbocycles. The summed E-state index contributed by atoms with van der Waals surface area (Å²) in [4.78, 5) is 11.3. The third-order valence-electron chi connectivity index (χ3n) is 2.75. The maximum absolute atomic E-state index is 11.3. The third kappa shape index (κ3) is 5.18. The Bertz CT molecular complexity index is 672. The summed E-state index contributed by atoms with van der Waals surface area (Å²) in [6.07, 6.45) is 0.772. The van der Waals surface area contributed by atoms with Gasteiger partial charge in [-0.15, -0.1) is 0 Å². The van der Waals surface area contributed by atoms with Gasteiger partial charge in [-0.3, -0.25) is 8.75 Å². The number of rotatable bonds is 8. The zero-order valence-electron chi connectivity index (χ0n) is 11.6. The SMILES string of the molecule is O=c1ccsn1CCCOCCOc1cc(Cl)c(Cl)cc1Cl. The van der Waals surface area contributed by atoms with Crippen molar-refractivity contribution in [2.75, 3.05) is 19.8 Å². The molecule has 120 valence electrons. The Morgan fingerprint density at radius 3 is 2.55 bits per heavy atom. The summed E-state index contributed by atoms with van der Waals surface area (Å²) in [5, 5.41) is 2.96. The minimum absolute atomic E-state index is 0.0302. The molecule has 0 saturated carbocycles. The molecule has 8 heteroatoms. The van der Waals surface area contributed by atoms with Crippen molar-refractivity contribution < 1.29 is 9.47 Å². The second kappa shape index (κ2) is 8.79. The molecule has 0 bridgehead atoms. The number of hydrogen-bond donors (Lipinski definition) is 0. The topological polar surface area (TPSA) is 40.5 Å². The van der Waals surface area contributed by atoms with Crippen molar-refractivity contribution in [1.82, 2.24) is 3.96 Å². The molecule has 0 N–H and O–H groups in total. The number of ether oxygens (including phenoxy) is 2. The number of aryl methyl sites for hydroxylation is 1. The quantitative estimate of drug-likeness (QED) is 0.503. The lowest BCUT2D eigenvalue weighted by Crippen LogP contribution is -2.14. The van der Waals surface area contributed by atoms with E-state index in [9.17, 15) is 4.79 Å². The van der Waals surface area contributed by atoms with Crippen LogP contribution in [0.15, 0.2) is 28.4 Å². The Labute approximate surface area is 147 Å². The molecule has 0 atom stereocenters. The molecule has 4 nitrogen and oxygen atoms in total. The molecular weight excluding hydrogens is 369 g/mol. The molecule has 2 rings (SSSR count). The van der Waals surface area contributed by atoms with Gasteiger partial charge in [0.05, 0.1) is 21.7 Å². The van der Waals surface area contributed by atoms with E-state index in [1.807, 2.05) is 0 Å². The van der Waals surface area contributed by atoms with E-state index in [4.69, 9.17) is 44.3 Å². The van der Waals surface area contributed by atoms with Crippen LogP contribution in [0.25, 0.3) is 0 Å². The first kappa shape index (κ1) is 17.6. The molecule has 22 heavy (non-hydrogen) atoms. The van der Waals surface area contributed by atoms with Gasteiger partial charge in [0, 0.05) is 30.7 Å². The summed E-state index contributed by atoms with van der Waals surface area (Å²) in [5.41, 5.74) is 0.0302. The lowest BCUT2D eigenvalue weighted by molar-refractivity contribution is 0.0966. The van der Waals surface area contributed by atoms with Crippen molar-refractivity contribution in [3.05, 3.63) is 49.0 Å². The molecule has 1 heterocycles. The van der Waals surface area contributed by atoms with Gasteiger partial charge in [0.2, 0.25) is 0 Å². The van der Waals surface area contributed by atoms with Crippen molar-refractivity contribution in [3.8, 4) is 5.75 Å². The highest BCUT2D eigenvalue weighted by molar-refractivity contribution is 7.04. The molecule has 0 aliphatic heterocycles. The van der Waals surface area contributed by atoms with E-state index in [1.165, 1.54) is 11.5 Å². The van der Waals surface area contributed by atoms with Crippen LogP contribution in [0.5, 0.6) is 5.75 Å². The Balaban J connectivity index is 1.62. The van der Waals surface area contributed by atoms with Crippen LogP contribution in [0, 0.1) is 0 Å². The predicted molar refractivity (Wildman–Crippen MR) is 91.0 cm³/mol. The number of nitrogens with zero attached hydrogens (tertiary/aromatic N) is 1. The number of hydrogen-bond acceptors (Lipinski definition) is 4. The fourth-order valence-corrected chi connectivity index (χ4v) is 3.01. The first-order valence-corrected chi connectivity index (χ1v) is 8.55. The van der Waals surface area contributed by atoms with E-state index < -0.39 is 0 Å². The molecule has 1 aromatic heterocycles. The monoisotopic (exact) mass is 381 g/mol. The first-order valence-electron chi connectivity index (χ1n) is 6.58. The molecular formula is C14H14Cl3NO3S. The van der Waals surface area contributed by atoms with Crippen LogP contribution in [0.3, 0.4) is 0 Å². The van der Waals surface area contributed by atoms with Crippen molar-refractivity contribution in [3.63, 3.8) is 0 Å². The zero-order valence-corrected chi connectivity index (χ0v) is 14.6. The van der Waals surface area contributed by atoms with Gasteiger partial charge in [0.15, 0.2) is 0 Å². The Kier molecular flexibility index (Phi) is 7.05. The van der Waals surface area contributed by atoms with Crippen LogP contribution in [0.4, 0.5) is 0 Å². The van der Waals surface area contributed by atoms with Crippen molar-refractivity contribution in [2.24, 2.45) is 0 Å². The highest BCUT2D eigenvalue weighted by Crippen LogP contribution is 2.33. The minimum Gasteiger partial charge on any atom is -0.490 e. The molecule has 0 aliphatic rings. The number of halogens is 3. The van der Waals surface area contributed by atoms with Gasteiger partial charge in [-0.05, 0) is 12.5 Å². The molecule has 0 amide bonds. The molecule has 2 aromatic rings. The summed E-state index contributed by atoms with van der Waals surface area (Å²) >= 11 is 19.1. The van der Waals surface area contributed by atoms with Crippen molar-refractivity contribution >= 4 is 46.3 Å². The van der Waals surface area contributed by atoms with Gasteiger partial charge in [0.1, 0.15) is 12.4 Å². The average Bonchev–Trinajstić information content (AvgIpc) is 2.88. The van der Waals surface area contributed by atoms with Gasteiger partial charge < -0.3 is 9.47 Å². The largest absolute Gasteiger partial charge is 0.490 e. The van der Waals surface area contributed by atoms with Gasteiger partial charge in [-0.2, -0.15) is 0 Å². The zero-order chi connectivity index (χ0) is 15.9. The van der Waals surface area contributed by atoms with E-state index in [0.717, 1.165) is 6.42 Å². The van der Waals surface area contributed by atoms with E-state index in [-0.39, 0.29) is 5.56 Å². The second-order valence-electron chi connectivity index (χ2n) is 4.36. The summed E-state index contributed by atoms with van der Waals surface area (Å²) in [5.74, 6) is 0.477. The maximum atomic E-state index is 11.3. The number of benzene rings is 1. The lowest BCUT2D eigenvalue weighted by Gasteiger charge is -2.09. The maximum Gasteiger partial charge on any atom is 0.260 e. The summed E-state index contributed by atoms with van der Waals surface area (Å²) in [7, 11) is 0. The minimum atomic E-state index is 0.0302. The highest BCUT2D eigenvalue weighted by Gasteiger charge is 2.06. The van der Waals surface area contributed by atoms with Gasteiger partial charge in [-0.1, -0.05) is 46.3 Å². The van der Waals surface area contributed by atoms with Crippen LogP contribution in [0.1, 0.15) is 6.42 Å². The average molecular weight is 383 g/mol. The van der Waals surface area contributed by atoms with Crippen LogP contribution in [-0.4, -0.2) is 23.8 Å². The molecule has 0 saturated heterocycles. The Morgan fingerprint density at radius 2 is 1.82 bits per heavy atom. The second-order valence-corrected chi connectivity index (χ2v) is 6.50. The Morgan fingerprint density at radius 1 is 1.05 bits per heavy atom. The van der Waals surface area contributed by atoms with Crippen molar-refractivity contribution in [1.29, 1.82) is 0 Å². The Hall–Kier alpha value is -0.720. The van der Waals surface area contributed by atoms with E-state index in [2.05, 4.69) is 0 Å². The van der Waals surface area contributed by atoms with E-state index in [1.54, 1.807) is 27.5 Å². The molecule has 0 fully saturated rings. The summed E-state index contributed by atoms with van der Waals surface area (Å²) in [6, 6.07) is 4.68.